The summed E-state index contributed by atoms with van der Waals surface area (Å²) < 4.78 is -0.648. The Morgan fingerprint density at radius 3 is 2.42 bits per heavy atom. The summed E-state index contributed by atoms with van der Waals surface area (Å²) in [4.78, 5) is 24.8. The van der Waals surface area contributed by atoms with E-state index in [0.29, 0.717) is 11.7 Å². The highest BCUT2D eigenvalue weighted by Gasteiger charge is 2.33. The predicted molar refractivity (Wildman–Crippen MR) is 77.1 cm³/mol. The number of piperidine rings is 1. The van der Waals surface area contributed by atoms with Crippen molar-refractivity contribution in [2.45, 2.75) is 44.4 Å². The Morgan fingerprint density at radius 1 is 1.42 bits per heavy atom. The van der Waals surface area contributed by atoms with Crippen LogP contribution in [0.1, 0.15) is 33.6 Å². The largest absolute Gasteiger partial charge is 0.480 e. The minimum absolute atomic E-state index is 0.0857. The van der Waals surface area contributed by atoms with Gasteiger partial charge < -0.3 is 15.7 Å². The Morgan fingerprint density at radius 2 is 1.95 bits per heavy atom. The fraction of sp³-hybridized carbons (Fsp3) is 0.846. The molecular formula is C13H24N2O3S. The summed E-state index contributed by atoms with van der Waals surface area (Å²) in [6.07, 6.45) is 2.10. The molecule has 3 N–H and O–H groups in total. The Balaban J connectivity index is 2.43. The predicted octanol–water partition coefficient (Wildman–Crippen LogP) is 1.17. The number of nitrogens with two attached hydrogens (primary N) is 1. The lowest BCUT2D eigenvalue weighted by atomic mass is 9.99. The molecule has 0 aliphatic carbocycles. The molecule has 1 amide bonds. The van der Waals surface area contributed by atoms with Gasteiger partial charge in [-0.25, -0.2) is 0 Å². The summed E-state index contributed by atoms with van der Waals surface area (Å²) in [6, 6.07) is -0.966. The van der Waals surface area contributed by atoms with Crippen molar-refractivity contribution in [1.29, 1.82) is 0 Å². The van der Waals surface area contributed by atoms with Gasteiger partial charge in [0, 0.05) is 17.8 Å². The van der Waals surface area contributed by atoms with Gasteiger partial charge in [0.25, 0.3) is 0 Å². The number of carbonyl (C=O) groups is 2. The first-order valence-electron chi connectivity index (χ1n) is 6.64. The lowest BCUT2D eigenvalue weighted by Crippen LogP contribution is -2.48. The lowest BCUT2D eigenvalue weighted by Gasteiger charge is -2.32. The third-order valence-electron chi connectivity index (χ3n) is 3.72. The minimum atomic E-state index is -1.03. The monoisotopic (exact) mass is 288 g/mol. The zero-order chi connectivity index (χ0) is 14.6. The van der Waals surface area contributed by atoms with E-state index in [2.05, 4.69) is 6.92 Å². The molecule has 1 atom stereocenters. The molecule has 1 heterocycles. The summed E-state index contributed by atoms with van der Waals surface area (Å²) in [5, 5.41) is 8.93. The molecule has 0 saturated carbocycles. The number of nitrogens with zero attached hydrogens (tertiary/aromatic N) is 1. The van der Waals surface area contributed by atoms with E-state index in [4.69, 9.17) is 10.8 Å². The van der Waals surface area contributed by atoms with Crippen LogP contribution >= 0.6 is 11.8 Å². The van der Waals surface area contributed by atoms with Crippen LogP contribution in [0.25, 0.3) is 0 Å². The fourth-order valence-electron chi connectivity index (χ4n) is 1.98. The van der Waals surface area contributed by atoms with Crippen LogP contribution in [0.3, 0.4) is 0 Å². The number of hydrogen-bond acceptors (Lipinski definition) is 4. The maximum atomic E-state index is 12.1. The van der Waals surface area contributed by atoms with Gasteiger partial charge in [-0.15, -0.1) is 11.8 Å². The van der Waals surface area contributed by atoms with Crippen molar-refractivity contribution in [2.75, 3.05) is 18.8 Å². The van der Waals surface area contributed by atoms with Gasteiger partial charge in [-0.2, -0.15) is 0 Å². The van der Waals surface area contributed by atoms with Crippen LogP contribution in [-0.2, 0) is 9.59 Å². The van der Waals surface area contributed by atoms with E-state index >= 15 is 0 Å². The Kier molecular flexibility index (Phi) is 5.67. The molecular weight excluding hydrogens is 264 g/mol. The van der Waals surface area contributed by atoms with Crippen LogP contribution < -0.4 is 5.73 Å². The zero-order valence-electron chi connectivity index (χ0n) is 11.9. The second kappa shape index (κ2) is 6.61. The normalized spacial score (nSPS) is 19.3. The molecule has 6 heteroatoms. The topological polar surface area (TPSA) is 83.6 Å². The van der Waals surface area contributed by atoms with E-state index in [1.54, 1.807) is 13.8 Å². The average Bonchev–Trinajstić information content (AvgIpc) is 2.35. The standard InChI is InChI=1S/C13H24N2O3S/c1-9-4-6-15(7-5-9)10(16)8-19-13(2,3)11(14)12(17)18/h9,11H,4-8,14H2,1-3H3,(H,17,18)/t11-/m1/s1. The number of likely N-dealkylation sites (tertiary alicyclic amines) is 1. The SMILES string of the molecule is CC1CCN(C(=O)CSC(C)(C)[C@H](N)C(=O)O)CC1. The molecule has 1 aliphatic heterocycles. The maximum absolute atomic E-state index is 12.1. The Labute approximate surface area is 118 Å². The van der Waals surface area contributed by atoms with E-state index in [9.17, 15) is 9.59 Å². The molecule has 0 aromatic rings. The average molecular weight is 288 g/mol. The number of carboxylic acids is 1. The molecule has 0 aromatic heterocycles. The van der Waals surface area contributed by atoms with Crippen LogP contribution in [0.4, 0.5) is 0 Å². The summed E-state index contributed by atoms with van der Waals surface area (Å²) >= 11 is 1.32. The van der Waals surface area contributed by atoms with Crippen LogP contribution in [0, 0.1) is 5.92 Å². The first-order chi connectivity index (χ1) is 8.74. The van der Waals surface area contributed by atoms with Crippen molar-refractivity contribution >= 4 is 23.6 Å². The molecule has 110 valence electrons. The number of hydrogen-bond donors (Lipinski definition) is 2. The van der Waals surface area contributed by atoms with Gasteiger partial charge in [0.15, 0.2) is 0 Å². The van der Waals surface area contributed by atoms with Gasteiger partial charge in [0.1, 0.15) is 6.04 Å². The van der Waals surface area contributed by atoms with Crippen molar-refractivity contribution in [3.05, 3.63) is 0 Å². The van der Waals surface area contributed by atoms with Crippen molar-refractivity contribution in [1.82, 2.24) is 4.90 Å². The quantitative estimate of drug-likeness (QED) is 0.793. The molecule has 0 spiro atoms. The van der Waals surface area contributed by atoms with E-state index < -0.39 is 16.8 Å². The lowest BCUT2D eigenvalue weighted by molar-refractivity contribution is -0.139. The molecule has 1 fully saturated rings. The summed E-state index contributed by atoms with van der Waals surface area (Å²) in [5.74, 6) is 0.0374. The molecule has 0 bridgehead atoms. The third kappa shape index (κ3) is 4.69. The van der Waals surface area contributed by atoms with Crippen molar-refractivity contribution in [2.24, 2.45) is 11.7 Å². The van der Waals surface area contributed by atoms with Gasteiger partial charge in [-0.05, 0) is 32.6 Å². The molecule has 19 heavy (non-hydrogen) atoms. The van der Waals surface area contributed by atoms with E-state index in [1.165, 1.54) is 11.8 Å². The van der Waals surface area contributed by atoms with Gasteiger partial charge in [0.2, 0.25) is 5.91 Å². The second-order valence-electron chi connectivity index (χ2n) is 5.77. The Hall–Kier alpha value is -0.750. The number of carbonyl (C=O) groups excluding carboxylic acids is 1. The number of amides is 1. The second-order valence-corrected chi connectivity index (χ2v) is 7.40. The molecule has 0 aromatic carbocycles. The molecule has 1 rings (SSSR count). The number of aliphatic carboxylic acids is 1. The molecule has 5 nitrogen and oxygen atoms in total. The number of rotatable bonds is 5. The van der Waals surface area contributed by atoms with Gasteiger partial charge >= 0.3 is 5.97 Å². The maximum Gasteiger partial charge on any atom is 0.321 e. The van der Waals surface area contributed by atoms with Crippen molar-refractivity contribution in [3.63, 3.8) is 0 Å². The van der Waals surface area contributed by atoms with E-state index in [0.717, 1.165) is 25.9 Å². The highest BCUT2D eigenvalue weighted by Crippen LogP contribution is 2.28. The summed E-state index contributed by atoms with van der Waals surface area (Å²) in [5.41, 5.74) is 5.63. The highest BCUT2D eigenvalue weighted by molar-refractivity contribution is 8.01. The van der Waals surface area contributed by atoms with Crippen molar-refractivity contribution < 1.29 is 14.7 Å². The van der Waals surface area contributed by atoms with Gasteiger partial charge in [-0.1, -0.05) is 6.92 Å². The van der Waals surface area contributed by atoms with Crippen molar-refractivity contribution in [3.8, 4) is 0 Å². The number of carboxylic acid groups (broad SMARTS) is 1. The van der Waals surface area contributed by atoms with Crippen LogP contribution in [-0.4, -0.2) is 51.5 Å². The first kappa shape index (κ1) is 16.3. The zero-order valence-corrected chi connectivity index (χ0v) is 12.7. The van der Waals surface area contributed by atoms with E-state index in [-0.39, 0.29) is 5.91 Å². The molecule has 0 radical (unpaired) electrons. The Bertz CT molecular complexity index is 339. The minimum Gasteiger partial charge on any atom is -0.480 e. The van der Waals surface area contributed by atoms with E-state index in [1.807, 2.05) is 4.90 Å². The number of thioether (sulfide) groups is 1. The molecule has 0 unspecified atom stereocenters. The highest BCUT2D eigenvalue weighted by atomic mass is 32.2. The summed E-state index contributed by atoms with van der Waals surface area (Å²) in [7, 11) is 0. The van der Waals surface area contributed by atoms with Gasteiger partial charge in [0.05, 0.1) is 5.75 Å². The molecule has 1 saturated heterocycles. The van der Waals surface area contributed by atoms with Crippen LogP contribution in [0.15, 0.2) is 0 Å². The fourth-order valence-corrected chi connectivity index (χ4v) is 2.94. The molecule has 1 aliphatic rings. The third-order valence-corrected chi connectivity index (χ3v) is 5.11. The van der Waals surface area contributed by atoms with Crippen LogP contribution in [0.2, 0.25) is 0 Å². The smallest absolute Gasteiger partial charge is 0.321 e. The first-order valence-corrected chi connectivity index (χ1v) is 7.62. The summed E-state index contributed by atoms with van der Waals surface area (Å²) in [6.45, 7) is 7.35. The van der Waals surface area contributed by atoms with Gasteiger partial charge in [-0.3, -0.25) is 9.59 Å². The van der Waals surface area contributed by atoms with Crippen LogP contribution in [0.5, 0.6) is 0 Å².